The lowest BCUT2D eigenvalue weighted by Gasteiger charge is -2.13. The number of aromatic nitrogens is 1. The summed E-state index contributed by atoms with van der Waals surface area (Å²) >= 11 is 0. The summed E-state index contributed by atoms with van der Waals surface area (Å²) in [4.78, 5) is 4.73. The monoisotopic (exact) mass is 321 g/mol. The number of hydrogen-bond acceptors (Lipinski definition) is 3. The first-order chi connectivity index (χ1) is 10.8. The van der Waals surface area contributed by atoms with Crippen LogP contribution in [-0.4, -0.2) is 4.98 Å². The van der Waals surface area contributed by atoms with E-state index in [1.165, 1.54) is 0 Å². The lowest BCUT2D eigenvalue weighted by Crippen LogP contribution is -1.95. The normalized spacial score (nSPS) is 10.4. The summed E-state index contributed by atoms with van der Waals surface area (Å²) in [7, 11) is 0. The minimum atomic E-state index is 0. The fraction of sp³-hybridized carbons (Fsp3) is 0. The SMILES string of the molecule is Cl.Nc1ccc(Nc2c3ccccc3nc3ccccc23)cc1. The molecule has 0 radical (unpaired) electrons. The van der Waals surface area contributed by atoms with Gasteiger partial charge in [0.2, 0.25) is 0 Å². The quantitative estimate of drug-likeness (QED) is 0.397. The van der Waals surface area contributed by atoms with Gasteiger partial charge in [-0.25, -0.2) is 4.98 Å². The van der Waals surface area contributed by atoms with Crippen molar-refractivity contribution >= 4 is 51.3 Å². The molecule has 3 nitrogen and oxygen atoms in total. The van der Waals surface area contributed by atoms with Crippen molar-refractivity contribution in [1.82, 2.24) is 4.98 Å². The zero-order valence-electron chi connectivity index (χ0n) is 12.4. The van der Waals surface area contributed by atoms with Crippen molar-refractivity contribution in [2.24, 2.45) is 0 Å². The van der Waals surface area contributed by atoms with Crippen LogP contribution < -0.4 is 11.1 Å². The molecule has 114 valence electrons. The Kier molecular flexibility index (Phi) is 4.04. The highest BCUT2D eigenvalue weighted by Gasteiger charge is 2.08. The number of hydrogen-bond donors (Lipinski definition) is 2. The van der Waals surface area contributed by atoms with Gasteiger partial charge in [-0.1, -0.05) is 36.4 Å². The molecule has 0 aliphatic carbocycles. The molecule has 0 fully saturated rings. The number of nitrogens with two attached hydrogens (primary N) is 1. The molecule has 0 amide bonds. The summed E-state index contributed by atoms with van der Waals surface area (Å²) in [6, 6.07) is 24.1. The summed E-state index contributed by atoms with van der Waals surface area (Å²) in [6.07, 6.45) is 0. The van der Waals surface area contributed by atoms with Crippen molar-refractivity contribution in [1.29, 1.82) is 0 Å². The van der Waals surface area contributed by atoms with Gasteiger partial charge in [-0.2, -0.15) is 0 Å². The molecule has 0 bridgehead atoms. The van der Waals surface area contributed by atoms with Gasteiger partial charge in [0.05, 0.1) is 16.7 Å². The number of nitrogens with zero attached hydrogens (tertiary/aromatic N) is 1. The molecule has 4 heteroatoms. The Labute approximate surface area is 140 Å². The number of halogens is 1. The number of fused-ring (bicyclic) bond motifs is 2. The fourth-order valence-corrected chi connectivity index (χ4v) is 2.69. The van der Waals surface area contributed by atoms with Crippen molar-refractivity contribution in [2.45, 2.75) is 0 Å². The minimum Gasteiger partial charge on any atom is -0.399 e. The van der Waals surface area contributed by atoms with Crippen molar-refractivity contribution in [3.8, 4) is 0 Å². The van der Waals surface area contributed by atoms with Crippen LogP contribution in [0.1, 0.15) is 0 Å². The standard InChI is InChI=1S/C19H15N3.ClH/c20-13-9-11-14(12-10-13)21-19-15-5-1-3-7-17(15)22-18-8-4-2-6-16(18)19;/h1-12H,20H2,(H,21,22);1H. The number of pyridine rings is 1. The van der Waals surface area contributed by atoms with Gasteiger partial charge >= 0.3 is 0 Å². The average Bonchev–Trinajstić information content (AvgIpc) is 2.56. The number of nitrogen functional groups attached to an aromatic ring is 1. The predicted octanol–water partition coefficient (Wildman–Crippen LogP) is 5.14. The van der Waals surface area contributed by atoms with E-state index in [-0.39, 0.29) is 12.4 Å². The molecule has 4 rings (SSSR count). The third-order valence-corrected chi connectivity index (χ3v) is 3.77. The van der Waals surface area contributed by atoms with E-state index in [1.54, 1.807) is 0 Å². The van der Waals surface area contributed by atoms with Crippen LogP contribution in [0.2, 0.25) is 0 Å². The molecular formula is C19H16ClN3. The maximum absolute atomic E-state index is 5.76. The van der Waals surface area contributed by atoms with Gasteiger partial charge in [0, 0.05) is 22.1 Å². The maximum atomic E-state index is 5.76. The van der Waals surface area contributed by atoms with Gasteiger partial charge < -0.3 is 11.1 Å². The van der Waals surface area contributed by atoms with Crippen LogP contribution in [-0.2, 0) is 0 Å². The summed E-state index contributed by atoms with van der Waals surface area (Å²) < 4.78 is 0. The molecule has 0 aliphatic rings. The first kappa shape index (κ1) is 15.1. The second kappa shape index (κ2) is 6.15. The van der Waals surface area contributed by atoms with Crippen LogP contribution in [0.25, 0.3) is 21.8 Å². The van der Waals surface area contributed by atoms with Gasteiger partial charge in [0.1, 0.15) is 0 Å². The number of rotatable bonds is 2. The molecule has 0 spiro atoms. The molecule has 4 aromatic rings. The molecule has 0 saturated heterocycles. The summed E-state index contributed by atoms with van der Waals surface area (Å²) in [5.41, 5.74) is 10.6. The number of nitrogens with one attached hydrogen (secondary N) is 1. The van der Waals surface area contributed by atoms with Gasteiger partial charge in [-0.3, -0.25) is 0 Å². The maximum Gasteiger partial charge on any atom is 0.0730 e. The van der Waals surface area contributed by atoms with E-state index in [1.807, 2.05) is 60.7 Å². The molecule has 3 N–H and O–H groups in total. The second-order valence-corrected chi connectivity index (χ2v) is 5.27. The summed E-state index contributed by atoms with van der Waals surface area (Å²) in [5, 5.41) is 5.74. The van der Waals surface area contributed by atoms with Crippen molar-refractivity contribution < 1.29 is 0 Å². The first-order valence-electron chi connectivity index (χ1n) is 7.21. The third-order valence-electron chi connectivity index (χ3n) is 3.77. The fourth-order valence-electron chi connectivity index (χ4n) is 2.69. The summed E-state index contributed by atoms with van der Waals surface area (Å²) in [6.45, 7) is 0. The van der Waals surface area contributed by atoms with Gasteiger partial charge in [-0.15, -0.1) is 12.4 Å². The second-order valence-electron chi connectivity index (χ2n) is 5.27. The van der Waals surface area contributed by atoms with Crippen LogP contribution >= 0.6 is 12.4 Å². The molecule has 0 unspecified atom stereocenters. The molecule has 1 aromatic heterocycles. The van der Waals surface area contributed by atoms with Crippen LogP contribution in [0.4, 0.5) is 17.1 Å². The first-order valence-corrected chi connectivity index (χ1v) is 7.21. The highest BCUT2D eigenvalue weighted by molar-refractivity contribution is 6.08. The number of anilines is 3. The zero-order valence-corrected chi connectivity index (χ0v) is 13.2. The van der Waals surface area contributed by atoms with E-state index in [0.717, 1.165) is 38.9 Å². The Balaban J connectivity index is 0.00000156. The van der Waals surface area contributed by atoms with E-state index < -0.39 is 0 Å². The number of para-hydroxylation sites is 2. The van der Waals surface area contributed by atoms with Crippen LogP contribution in [0.3, 0.4) is 0 Å². The van der Waals surface area contributed by atoms with Crippen LogP contribution in [0.15, 0.2) is 72.8 Å². The van der Waals surface area contributed by atoms with Crippen LogP contribution in [0, 0.1) is 0 Å². The largest absolute Gasteiger partial charge is 0.399 e. The molecule has 23 heavy (non-hydrogen) atoms. The summed E-state index contributed by atoms with van der Waals surface area (Å²) in [5.74, 6) is 0. The lowest BCUT2D eigenvalue weighted by molar-refractivity contribution is 1.48. The minimum absolute atomic E-state index is 0. The Morgan fingerprint density at radius 1 is 0.696 bits per heavy atom. The van der Waals surface area contributed by atoms with Gasteiger partial charge in [0.15, 0.2) is 0 Å². The van der Waals surface area contributed by atoms with Crippen LogP contribution in [0.5, 0.6) is 0 Å². The highest BCUT2D eigenvalue weighted by Crippen LogP contribution is 2.32. The van der Waals surface area contributed by atoms with Crippen molar-refractivity contribution in [2.75, 3.05) is 11.1 Å². The van der Waals surface area contributed by atoms with E-state index in [9.17, 15) is 0 Å². The zero-order chi connectivity index (χ0) is 14.9. The Morgan fingerprint density at radius 2 is 1.22 bits per heavy atom. The smallest absolute Gasteiger partial charge is 0.0730 e. The molecule has 1 heterocycles. The Hall–Kier alpha value is -2.78. The van der Waals surface area contributed by atoms with Crippen molar-refractivity contribution in [3.63, 3.8) is 0 Å². The van der Waals surface area contributed by atoms with Gasteiger partial charge in [-0.05, 0) is 36.4 Å². The highest BCUT2D eigenvalue weighted by atomic mass is 35.5. The van der Waals surface area contributed by atoms with E-state index in [4.69, 9.17) is 10.7 Å². The third kappa shape index (κ3) is 2.79. The molecular weight excluding hydrogens is 306 g/mol. The van der Waals surface area contributed by atoms with E-state index >= 15 is 0 Å². The predicted molar refractivity (Wildman–Crippen MR) is 101 cm³/mol. The lowest BCUT2D eigenvalue weighted by atomic mass is 10.1. The average molecular weight is 322 g/mol. The molecule has 0 saturated carbocycles. The Bertz CT molecular complexity index is 911. The molecule has 0 aliphatic heterocycles. The van der Waals surface area contributed by atoms with E-state index in [2.05, 4.69) is 17.4 Å². The molecule has 3 aromatic carbocycles. The van der Waals surface area contributed by atoms with Gasteiger partial charge in [0.25, 0.3) is 0 Å². The molecule has 0 atom stereocenters. The Morgan fingerprint density at radius 3 is 1.78 bits per heavy atom. The number of benzene rings is 3. The van der Waals surface area contributed by atoms with E-state index in [0.29, 0.717) is 0 Å². The van der Waals surface area contributed by atoms with Crippen molar-refractivity contribution in [3.05, 3.63) is 72.8 Å². The topological polar surface area (TPSA) is 50.9 Å².